The average molecular weight is 342 g/mol. The van der Waals surface area contributed by atoms with Gasteiger partial charge in [-0.1, -0.05) is 12.1 Å². The molecule has 24 heavy (non-hydrogen) atoms. The molecule has 0 amide bonds. The zero-order chi connectivity index (χ0) is 17.2. The number of halogens is 2. The lowest BCUT2D eigenvalue weighted by Crippen LogP contribution is -2.39. The van der Waals surface area contributed by atoms with Crippen molar-refractivity contribution in [1.82, 2.24) is 10.2 Å². The number of hydrogen-bond donors (Lipinski definition) is 2. The summed E-state index contributed by atoms with van der Waals surface area (Å²) < 4.78 is 34.0. The van der Waals surface area contributed by atoms with Gasteiger partial charge in [0, 0.05) is 19.6 Å². The number of benzene rings is 1. The maximum absolute atomic E-state index is 12.2. The minimum Gasteiger partial charge on any atom is -0.435 e. The van der Waals surface area contributed by atoms with Crippen molar-refractivity contribution in [3.63, 3.8) is 0 Å². The first-order valence-corrected chi connectivity index (χ1v) is 8.01. The fraction of sp³-hybridized carbons (Fsp3) is 0.562. The van der Waals surface area contributed by atoms with Crippen molar-refractivity contribution in [3.05, 3.63) is 29.8 Å². The van der Waals surface area contributed by atoms with Crippen molar-refractivity contribution in [2.75, 3.05) is 39.4 Å². The molecule has 1 saturated heterocycles. The minimum atomic E-state index is -2.83. The lowest BCUT2D eigenvalue weighted by atomic mass is 10.2. The van der Waals surface area contributed by atoms with E-state index in [9.17, 15) is 8.78 Å². The zero-order valence-corrected chi connectivity index (χ0v) is 13.6. The van der Waals surface area contributed by atoms with E-state index in [4.69, 9.17) is 10.5 Å². The molecule has 1 aromatic rings. The first kappa shape index (κ1) is 18.4. The Morgan fingerprint density at radius 2 is 2.17 bits per heavy atom. The number of nitrogens with one attached hydrogen (secondary N) is 1. The van der Waals surface area contributed by atoms with Crippen LogP contribution in [0.2, 0.25) is 0 Å². The second-order valence-corrected chi connectivity index (χ2v) is 5.46. The third-order valence-corrected chi connectivity index (χ3v) is 3.62. The van der Waals surface area contributed by atoms with Crippen molar-refractivity contribution in [3.8, 4) is 5.75 Å². The van der Waals surface area contributed by atoms with Crippen LogP contribution in [0.25, 0.3) is 0 Å². The van der Waals surface area contributed by atoms with Crippen molar-refractivity contribution in [2.45, 2.75) is 19.6 Å². The second kappa shape index (κ2) is 10.0. The van der Waals surface area contributed by atoms with Crippen molar-refractivity contribution in [1.29, 1.82) is 0 Å². The molecule has 0 bridgehead atoms. The molecule has 0 radical (unpaired) electrons. The Bertz CT molecular complexity index is 523. The highest BCUT2D eigenvalue weighted by molar-refractivity contribution is 5.77. The lowest BCUT2D eigenvalue weighted by Gasteiger charge is -2.26. The minimum absolute atomic E-state index is 0.120. The number of nitrogens with two attached hydrogens (primary N) is 1. The highest BCUT2D eigenvalue weighted by Crippen LogP contribution is 2.16. The van der Waals surface area contributed by atoms with Crippen LogP contribution in [-0.2, 0) is 11.3 Å². The first-order valence-electron chi connectivity index (χ1n) is 8.01. The predicted octanol–water partition coefficient (Wildman–Crippen LogP) is 1.41. The molecule has 1 heterocycles. The molecule has 8 heteroatoms. The van der Waals surface area contributed by atoms with Gasteiger partial charge in [0.25, 0.3) is 0 Å². The molecule has 0 saturated carbocycles. The molecule has 1 aliphatic rings. The Balaban J connectivity index is 1.67. The molecule has 3 N–H and O–H groups in total. The van der Waals surface area contributed by atoms with E-state index in [1.54, 1.807) is 12.1 Å². The van der Waals surface area contributed by atoms with Gasteiger partial charge in [0.15, 0.2) is 5.96 Å². The quantitative estimate of drug-likeness (QED) is 0.425. The molecule has 6 nitrogen and oxygen atoms in total. The Morgan fingerprint density at radius 1 is 1.38 bits per heavy atom. The number of hydrogen-bond acceptors (Lipinski definition) is 4. The Hall–Kier alpha value is -1.93. The van der Waals surface area contributed by atoms with Gasteiger partial charge in [-0.05, 0) is 30.7 Å². The van der Waals surface area contributed by atoms with Crippen molar-refractivity contribution >= 4 is 5.96 Å². The summed E-state index contributed by atoms with van der Waals surface area (Å²) in [6.07, 6.45) is 0.966. The number of aliphatic imine (C=N–C) groups is 1. The van der Waals surface area contributed by atoms with E-state index in [2.05, 4.69) is 19.9 Å². The van der Waals surface area contributed by atoms with Gasteiger partial charge < -0.3 is 20.5 Å². The van der Waals surface area contributed by atoms with E-state index in [0.29, 0.717) is 12.5 Å². The van der Waals surface area contributed by atoms with Gasteiger partial charge in [-0.3, -0.25) is 4.90 Å². The van der Waals surface area contributed by atoms with Crippen LogP contribution in [0.1, 0.15) is 12.0 Å². The van der Waals surface area contributed by atoms with Gasteiger partial charge in [0.1, 0.15) is 5.75 Å². The summed E-state index contributed by atoms with van der Waals surface area (Å²) in [5, 5.41) is 3.06. The summed E-state index contributed by atoms with van der Waals surface area (Å²) in [7, 11) is 0. The normalized spacial score (nSPS) is 16.4. The fourth-order valence-electron chi connectivity index (χ4n) is 2.40. The fourth-order valence-corrected chi connectivity index (χ4v) is 2.40. The molecule has 0 unspecified atom stereocenters. The van der Waals surface area contributed by atoms with Gasteiger partial charge in [-0.2, -0.15) is 8.78 Å². The van der Waals surface area contributed by atoms with Crippen LogP contribution in [0.4, 0.5) is 8.78 Å². The zero-order valence-electron chi connectivity index (χ0n) is 13.6. The van der Waals surface area contributed by atoms with Gasteiger partial charge in [-0.15, -0.1) is 0 Å². The third-order valence-electron chi connectivity index (χ3n) is 3.62. The summed E-state index contributed by atoms with van der Waals surface area (Å²) in [5.74, 6) is 0.465. The molecule has 0 aromatic heterocycles. The monoisotopic (exact) mass is 342 g/mol. The van der Waals surface area contributed by atoms with E-state index < -0.39 is 6.61 Å². The molecule has 0 atom stereocenters. The number of ether oxygens (including phenoxy) is 2. The van der Waals surface area contributed by atoms with Gasteiger partial charge in [0.2, 0.25) is 0 Å². The molecule has 2 rings (SSSR count). The van der Waals surface area contributed by atoms with Crippen LogP contribution in [0, 0.1) is 0 Å². The molecule has 1 aliphatic heterocycles. The number of rotatable bonds is 8. The largest absolute Gasteiger partial charge is 0.435 e. The molecule has 1 aromatic carbocycles. The Kier molecular flexibility index (Phi) is 7.70. The first-order chi connectivity index (χ1) is 11.6. The second-order valence-electron chi connectivity index (χ2n) is 5.46. The van der Waals surface area contributed by atoms with E-state index in [1.807, 2.05) is 0 Å². The maximum atomic E-state index is 12.2. The molecule has 0 aliphatic carbocycles. The van der Waals surface area contributed by atoms with Gasteiger partial charge >= 0.3 is 6.61 Å². The molecule has 0 spiro atoms. The number of morpholine rings is 1. The summed E-state index contributed by atoms with van der Waals surface area (Å²) in [5.41, 5.74) is 6.57. The van der Waals surface area contributed by atoms with Crippen LogP contribution in [0.3, 0.4) is 0 Å². The SMILES string of the molecule is NC(=NCc1cccc(OC(F)F)c1)NCCCN1CCOCC1. The Labute approximate surface area is 140 Å². The predicted molar refractivity (Wildman–Crippen MR) is 88.3 cm³/mol. The highest BCUT2D eigenvalue weighted by atomic mass is 19.3. The molecular weight excluding hydrogens is 318 g/mol. The van der Waals surface area contributed by atoms with Gasteiger partial charge in [0.05, 0.1) is 19.8 Å². The lowest BCUT2D eigenvalue weighted by molar-refractivity contribution is -0.0498. The van der Waals surface area contributed by atoms with Gasteiger partial charge in [-0.25, -0.2) is 4.99 Å². The average Bonchev–Trinajstić information content (AvgIpc) is 2.58. The van der Waals surface area contributed by atoms with E-state index in [1.165, 1.54) is 12.1 Å². The molecule has 134 valence electrons. The number of guanidine groups is 1. The van der Waals surface area contributed by atoms with Crippen LogP contribution in [-0.4, -0.2) is 56.9 Å². The van der Waals surface area contributed by atoms with E-state index in [0.717, 1.165) is 51.4 Å². The van der Waals surface area contributed by atoms with Crippen LogP contribution in [0.5, 0.6) is 5.75 Å². The van der Waals surface area contributed by atoms with E-state index in [-0.39, 0.29) is 5.75 Å². The summed E-state index contributed by atoms with van der Waals surface area (Å²) in [6, 6.07) is 6.44. The smallest absolute Gasteiger partial charge is 0.387 e. The topological polar surface area (TPSA) is 72.1 Å². The standard InChI is InChI=1S/C16H24F2N4O2/c17-15(18)24-14-4-1-3-13(11-14)12-21-16(19)20-5-2-6-22-7-9-23-10-8-22/h1,3-4,11,15H,2,5-10,12H2,(H3,19,20,21). The van der Waals surface area contributed by atoms with E-state index >= 15 is 0 Å². The number of alkyl halides is 2. The molecule has 1 fully saturated rings. The maximum Gasteiger partial charge on any atom is 0.387 e. The van der Waals surface area contributed by atoms with Crippen molar-refractivity contribution < 1.29 is 18.3 Å². The van der Waals surface area contributed by atoms with Crippen LogP contribution < -0.4 is 15.8 Å². The van der Waals surface area contributed by atoms with Crippen molar-refractivity contribution in [2.24, 2.45) is 10.7 Å². The molecular formula is C16H24F2N4O2. The Morgan fingerprint density at radius 3 is 2.92 bits per heavy atom. The highest BCUT2D eigenvalue weighted by Gasteiger charge is 2.09. The number of nitrogens with zero attached hydrogens (tertiary/aromatic N) is 2. The summed E-state index contributed by atoms with van der Waals surface area (Å²) in [4.78, 5) is 6.56. The van der Waals surface area contributed by atoms with Crippen LogP contribution in [0.15, 0.2) is 29.3 Å². The summed E-state index contributed by atoms with van der Waals surface area (Å²) in [6.45, 7) is 2.75. The summed E-state index contributed by atoms with van der Waals surface area (Å²) >= 11 is 0. The van der Waals surface area contributed by atoms with Crippen LogP contribution >= 0.6 is 0 Å². The third kappa shape index (κ3) is 7.10.